The fourth-order valence-electron chi connectivity index (χ4n) is 3.01. The Hall–Kier alpha value is -1.39. The van der Waals surface area contributed by atoms with E-state index in [1.807, 2.05) is 35.9 Å². The van der Waals surface area contributed by atoms with Crippen LogP contribution in [0.2, 0.25) is 0 Å². The molecule has 2 atom stereocenters. The lowest BCUT2D eigenvalue weighted by atomic mass is 10.2. The Morgan fingerprint density at radius 1 is 1.50 bits per heavy atom. The molecule has 3 heterocycles. The van der Waals surface area contributed by atoms with Crippen LogP contribution in [0.1, 0.15) is 20.3 Å². The summed E-state index contributed by atoms with van der Waals surface area (Å²) in [5.41, 5.74) is 0. The van der Waals surface area contributed by atoms with Crippen LogP contribution in [0.25, 0.3) is 10.7 Å². The van der Waals surface area contributed by atoms with Gasteiger partial charge in [0.15, 0.2) is 20.8 Å². The molecule has 26 heavy (non-hydrogen) atoms. The van der Waals surface area contributed by atoms with E-state index < -0.39 is 9.84 Å². The summed E-state index contributed by atoms with van der Waals surface area (Å²) in [6.45, 7) is 4.55. The molecule has 1 saturated heterocycles. The fraction of sp³-hybridized carbons (Fsp3) is 0.562. The van der Waals surface area contributed by atoms with Crippen molar-refractivity contribution >= 4 is 38.8 Å². The van der Waals surface area contributed by atoms with E-state index >= 15 is 0 Å². The molecule has 1 fully saturated rings. The van der Waals surface area contributed by atoms with Crippen LogP contribution >= 0.6 is 23.1 Å². The number of hydrogen-bond acceptors (Lipinski definition) is 7. The van der Waals surface area contributed by atoms with Crippen LogP contribution in [0, 0.1) is 0 Å². The number of aromatic nitrogens is 3. The lowest BCUT2D eigenvalue weighted by Crippen LogP contribution is -2.41. The summed E-state index contributed by atoms with van der Waals surface area (Å²) in [6, 6.07) is 3.73. The molecule has 0 spiro atoms. The highest BCUT2D eigenvalue weighted by molar-refractivity contribution is 8.00. The predicted molar refractivity (Wildman–Crippen MR) is 104 cm³/mol. The lowest BCUT2D eigenvalue weighted by molar-refractivity contribution is -0.130. The van der Waals surface area contributed by atoms with Crippen molar-refractivity contribution in [2.75, 3.05) is 18.6 Å². The van der Waals surface area contributed by atoms with E-state index in [0.29, 0.717) is 18.1 Å². The smallest absolute Gasteiger partial charge is 0.235 e. The molecule has 0 bridgehead atoms. The highest BCUT2D eigenvalue weighted by Crippen LogP contribution is 2.30. The molecular weight excluding hydrogens is 392 g/mol. The van der Waals surface area contributed by atoms with E-state index in [1.165, 1.54) is 11.8 Å². The van der Waals surface area contributed by atoms with Gasteiger partial charge in [-0.05, 0) is 31.7 Å². The SMILES string of the molecule is CCn1c(S[C@H](C)C(=O)N(C)[C@H]2CCS(=O)(=O)C2)nnc1-c1cccs1. The van der Waals surface area contributed by atoms with Gasteiger partial charge in [-0.25, -0.2) is 8.42 Å². The van der Waals surface area contributed by atoms with Crippen LogP contribution in [0.5, 0.6) is 0 Å². The molecule has 0 aromatic carbocycles. The topological polar surface area (TPSA) is 85.2 Å². The normalized spacial score (nSPS) is 20.2. The molecule has 0 saturated carbocycles. The third-order valence-corrected chi connectivity index (χ3v) is 8.19. The highest BCUT2D eigenvalue weighted by atomic mass is 32.2. The van der Waals surface area contributed by atoms with Crippen LogP contribution in [-0.2, 0) is 21.2 Å². The molecule has 3 rings (SSSR count). The van der Waals surface area contributed by atoms with Crippen molar-refractivity contribution in [2.24, 2.45) is 0 Å². The van der Waals surface area contributed by atoms with Gasteiger partial charge in [0.2, 0.25) is 5.91 Å². The Labute approximate surface area is 161 Å². The highest BCUT2D eigenvalue weighted by Gasteiger charge is 2.34. The van der Waals surface area contributed by atoms with Gasteiger partial charge in [0.05, 0.1) is 21.6 Å². The minimum Gasteiger partial charge on any atom is -0.341 e. The molecule has 142 valence electrons. The third-order valence-electron chi connectivity index (χ3n) is 4.51. The predicted octanol–water partition coefficient (Wildman–Crippen LogP) is 2.15. The summed E-state index contributed by atoms with van der Waals surface area (Å²) in [6.07, 6.45) is 0.510. The number of hydrogen-bond donors (Lipinski definition) is 0. The summed E-state index contributed by atoms with van der Waals surface area (Å²) in [7, 11) is -1.33. The maximum Gasteiger partial charge on any atom is 0.235 e. The number of thiophene rings is 1. The van der Waals surface area contributed by atoms with Crippen LogP contribution in [0.3, 0.4) is 0 Å². The molecular formula is C16H22N4O3S3. The number of thioether (sulfide) groups is 1. The van der Waals surface area contributed by atoms with E-state index in [4.69, 9.17) is 0 Å². The zero-order valence-corrected chi connectivity index (χ0v) is 17.4. The minimum atomic E-state index is -3.02. The van der Waals surface area contributed by atoms with Gasteiger partial charge >= 0.3 is 0 Å². The van der Waals surface area contributed by atoms with E-state index in [2.05, 4.69) is 10.2 Å². The van der Waals surface area contributed by atoms with E-state index in [-0.39, 0.29) is 28.7 Å². The zero-order valence-electron chi connectivity index (χ0n) is 15.0. The summed E-state index contributed by atoms with van der Waals surface area (Å²) in [5.74, 6) is 0.936. The van der Waals surface area contributed by atoms with Gasteiger partial charge in [-0.2, -0.15) is 0 Å². The van der Waals surface area contributed by atoms with Crippen LogP contribution in [0.15, 0.2) is 22.7 Å². The van der Waals surface area contributed by atoms with Crippen molar-refractivity contribution in [3.8, 4) is 10.7 Å². The first-order valence-corrected chi connectivity index (χ1v) is 12.0. The monoisotopic (exact) mass is 414 g/mol. The van der Waals surface area contributed by atoms with Crippen LogP contribution in [-0.4, -0.2) is 63.8 Å². The summed E-state index contributed by atoms with van der Waals surface area (Å²) in [5, 5.41) is 10.9. The molecule has 2 aromatic heterocycles. The maximum absolute atomic E-state index is 12.7. The van der Waals surface area contributed by atoms with E-state index in [9.17, 15) is 13.2 Å². The minimum absolute atomic E-state index is 0.0558. The number of nitrogens with zero attached hydrogens (tertiary/aromatic N) is 4. The molecule has 7 nitrogen and oxygen atoms in total. The fourth-order valence-corrected chi connectivity index (χ4v) is 6.51. The average molecular weight is 415 g/mol. The standard InChI is InChI=1S/C16H22N4O3S3/c1-4-20-14(13-6-5-8-24-13)17-18-16(20)25-11(2)15(21)19(3)12-7-9-26(22,23)10-12/h5-6,8,11-12H,4,7,9-10H2,1-3H3/t11-,12+/m1/s1. The maximum atomic E-state index is 12.7. The van der Waals surface area contributed by atoms with Gasteiger partial charge in [0.25, 0.3) is 0 Å². The summed E-state index contributed by atoms with van der Waals surface area (Å²) in [4.78, 5) is 15.4. The second-order valence-corrected chi connectivity index (χ2v) is 10.8. The quantitative estimate of drug-likeness (QED) is 0.674. The van der Waals surface area contributed by atoms with Gasteiger partial charge in [-0.3, -0.25) is 4.79 Å². The number of carbonyl (C=O) groups excluding carboxylic acids is 1. The molecule has 0 radical (unpaired) electrons. The number of rotatable bonds is 6. The lowest BCUT2D eigenvalue weighted by Gasteiger charge is -2.26. The van der Waals surface area contributed by atoms with Gasteiger partial charge in [-0.1, -0.05) is 17.8 Å². The third kappa shape index (κ3) is 3.96. The first kappa shape index (κ1) is 19.4. The molecule has 0 N–H and O–H groups in total. The van der Waals surface area contributed by atoms with Crippen molar-refractivity contribution in [1.82, 2.24) is 19.7 Å². The largest absolute Gasteiger partial charge is 0.341 e. The van der Waals surface area contributed by atoms with Crippen molar-refractivity contribution in [2.45, 2.75) is 43.3 Å². The van der Waals surface area contributed by atoms with E-state index in [0.717, 1.165) is 10.7 Å². The van der Waals surface area contributed by atoms with Crippen molar-refractivity contribution < 1.29 is 13.2 Å². The molecule has 2 aromatic rings. The molecule has 1 amide bonds. The molecule has 1 aliphatic heterocycles. The van der Waals surface area contributed by atoms with Gasteiger partial charge in [0, 0.05) is 19.6 Å². The Kier molecular flexibility index (Phi) is 5.73. The zero-order chi connectivity index (χ0) is 18.9. The van der Waals surface area contributed by atoms with Crippen molar-refractivity contribution in [1.29, 1.82) is 0 Å². The van der Waals surface area contributed by atoms with Gasteiger partial charge < -0.3 is 9.47 Å². The van der Waals surface area contributed by atoms with Crippen LogP contribution in [0.4, 0.5) is 0 Å². The van der Waals surface area contributed by atoms with E-state index in [1.54, 1.807) is 23.3 Å². The second-order valence-electron chi connectivity index (χ2n) is 6.29. The van der Waals surface area contributed by atoms with Crippen molar-refractivity contribution in [3.63, 3.8) is 0 Å². The average Bonchev–Trinajstić information content (AvgIpc) is 3.32. The Morgan fingerprint density at radius 3 is 2.85 bits per heavy atom. The van der Waals surface area contributed by atoms with Gasteiger partial charge in [-0.15, -0.1) is 21.5 Å². The molecule has 0 unspecified atom stereocenters. The number of amides is 1. The number of sulfone groups is 1. The first-order valence-electron chi connectivity index (χ1n) is 8.43. The first-order chi connectivity index (χ1) is 12.3. The molecule has 0 aliphatic carbocycles. The van der Waals surface area contributed by atoms with Gasteiger partial charge in [0.1, 0.15) is 0 Å². The molecule has 1 aliphatic rings. The summed E-state index contributed by atoms with van der Waals surface area (Å²) >= 11 is 2.96. The molecule has 10 heteroatoms. The van der Waals surface area contributed by atoms with Crippen molar-refractivity contribution in [3.05, 3.63) is 17.5 Å². The Balaban J connectivity index is 1.71. The van der Waals surface area contributed by atoms with Crippen LogP contribution < -0.4 is 0 Å². The Bertz CT molecular complexity index is 877. The Morgan fingerprint density at radius 2 is 2.27 bits per heavy atom. The number of carbonyl (C=O) groups is 1. The summed E-state index contributed by atoms with van der Waals surface area (Å²) < 4.78 is 25.3. The second kappa shape index (κ2) is 7.69.